The number of H-pyrrole nitrogens is 1. The second kappa shape index (κ2) is 16.2. The van der Waals surface area contributed by atoms with E-state index in [1.165, 1.54) is 23.0 Å². The zero-order valence-corrected chi connectivity index (χ0v) is 35.9. The van der Waals surface area contributed by atoms with Crippen LogP contribution in [0.25, 0.3) is 43.4 Å². The van der Waals surface area contributed by atoms with Crippen molar-refractivity contribution in [2.75, 3.05) is 20.2 Å². The van der Waals surface area contributed by atoms with E-state index in [9.17, 15) is 19.2 Å². The van der Waals surface area contributed by atoms with Crippen molar-refractivity contribution in [3.8, 4) is 33.2 Å². The summed E-state index contributed by atoms with van der Waals surface area (Å²) < 4.78 is 24.9. The zero-order valence-electron chi connectivity index (χ0n) is 35.1. The number of benzene rings is 1. The first kappa shape index (κ1) is 41.5. The number of nitrogens with zero attached hydrogens (tertiary/aromatic N) is 5. The van der Waals surface area contributed by atoms with Crippen molar-refractivity contribution >= 4 is 45.8 Å². The molecule has 2 saturated heterocycles. The molecular weight excluding hydrogens is 775 g/mol. The second-order valence-corrected chi connectivity index (χ2v) is 18.5. The Hall–Kier alpha value is -5.64. The third-order valence-corrected chi connectivity index (χ3v) is 11.4. The quantitative estimate of drug-likeness (QED) is 0.144. The Morgan fingerprint density at radius 2 is 1.54 bits per heavy atom. The van der Waals surface area contributed by atoms with Gasteiger partial charge in [0, 0.05) is 37.0 Å². The number of likely N-dealkylation sites (tertiary alicyclic amines) is 2. The molecule has 0 aliphatic carbocycles. The van der Waals surface area contributed by atoms with Gasteiger partial charge in [-0.05, 0) is 78.7 Å². The van der Waals surface area contributed by atoms with Crippen LogP contribution in [0.5, 0.6) is 0 Å². The van der Waals surface area contributed by atoms with Crippen LogP contribution in [0.3, 0.4) is 0 Å². The fourth-order valence-electron chi connectivity index (χ4n) is 7.54. The van der Waals surface area contributed by atoms with Gasteiger partial charge in [0.25, 0.3) is 0 Å². The summed E-state index contributed by atoms with van der Waals surface area (Å²) >= 11 is 1.50. The Morgan fingerprint density at radius 3 is 2.19 bits per heavy atom. The van der Waals surface area contributed by atoms with Crippen LogP contribution in [0.15, 0.2) is 53.2 Å². The molecule has 4 aromatic heterocycles. The molecule has 2 aliphatic rings. The fraction of sp³-hybridized carbons (Fsp3) is 0.488. The Kier molecular flexibility index (Phi) is 11.4. The minimum Gasteiger partial charge on any atom is -0.455 e. The molecule has 2 aliphatic heterocycles. The summed E-state index contributed by atoms with van der Waals surface area (Å²) in [7, 11) is 1.28. The van der Waals surface area contributed by atoms with Gasteiger partial charge in [0.1, 0.15) is 40.2 Å². The molecule has 3 unspecified atom stereocenters. The number of amides is 3. The number of carbonyl (C=O) groups is 4. The maximum absolute atomic E-state index is 13.6. The number of nitrogens with one attached hydrogen (secondary N) is 2. The number of methoxy groups -OCH3 is 1. The molecule has 2 fully saturated rings. The molecule has 6 heterocycles. The van der Waals surface area contributed by atoms with Crippen molar-refractivity contribution in [1.82, 2.24) is 34.6 Å². The molecule has 314 valence electrons. The first-order valence-corrected chi connectivity index (χ1v) is 20.9. The number of rotatable bonds is 8. The summed E-state index contributed by atoms with van der Waals surface area (Å²) in [5.74, 6) is 1.55. The van der Waals surface area contributed by atoms with Gasteiger partial charge < -0.3 is 33.8 Å². The second-order valence-electron chi connectivity index (χ2n) is 17.4. The van der Waals surface area contributed by atoms with Crippen LogP contribution in [0.2, 0.25) is 0 Å². The summed E-state index contributed by atoms with van der Waals surface area (Å²) in [5, 5.41) is 2.69. The molecule has 59 heavy (non-hydrogen) atoms. The van der Waals surface area contributed by atoms with Gasteiger partial charge in [0.15, 0.2) is 0 Å². The molecule has 3 amide bonds. The van der Waals surface area contributed by atoms with Crippen LogP contribution in [-0.2, 0) is 19.0 Å². The molecule has 5 aromatic rings. The number of alkyl carbamates (subject to hydrolysis) is 1. The summed E-state index contributed by atoms with van der Waals surface area (Å²) in [6.45, 7) is 15.8. The Morgan fingerprint density at radius 1 is 0.898 bits per heavy atom. The molecule has 1 aromatic carbocycles. The first-order chi connectivity index (χ1) is 27.9. The lowest BCUT2D eigenvalue weighted by Crippen LogP contribution is -2.51. The van der Waals surface area contributed by atoms with Gasteiger partial charge in [-0.2, -0.15) is 0 Å². The molecule has 0 radical (unpaired) electrons. The Balaban J connectivity index is 1.09. The normalized spacial score (nSPS) is 17.8. The average molecular weight is 828 g/mol. The topological polar surface area (TPSA) is 174 Å². The van der Waals surface area contributed by atoms with Crippen LogP contribution >= 0.6 is 11.3 Å². The predicted molar refractivity (Wildman–Crippen MR) is 223 cm³/mol. The number of hydrogen-bond donors (Lipinski definition) is 2. The molecule has 7 rings (SSSR count). The minimum atomic E-state index is -0.735. The molecule has 2 N–H and O–H groups in total. The molecular formula is C43H53N7O8S. The van der Waals surface area contributed by atoms with E-state index in [4.69, 9.17) is 23.6 Å². The van der Waals surface area contributed by atoms with E-state index < -0.39 is 41.6 Å². The summed E-state index contributed by atoms with van der Waals surface area (Å²) in [6.07, 6.45) is 4.77. The van der Waals surface area contributed by atoms with E-state index in [2.05, 4.69) is 15.3 Å². The van der Waals surface area contributed by atoms with Crippen molar-refractivity contribution in [3.05, 3.63) is 60.4 Å². The summed E-state index contributed by atoms with van der Waals surface area (Å²) in [4.78, 5) is 69.6. The maximum Gasteiger partial charge on any atom is 0.420 e. The molecule has 0 spiro atoms. The third kappa shape index (κ3) is 9.02. The fourth-order valence-corrected chi connectivity index (χ4v) is 8.52. The number of furan rings is 1. The number of carbonyl (C=O) groups excluding carboxylic acids is 4. The van der Waals surface area contributed by atoms with E-state index >= 15 is 0 Å². The van der Waals surface area contributed by atoms with Gasteiger partial charge in [-0.25, -0.2) is 28.9 Å². The van der Waals surface area contributed by atoms with E-state index in [0.717, 1.165) is 45.7 Å². The van der Waals surface area contributed by atoms with E-state index in [0.29, 0.717) is 48.2 Å². The minimum absolute atomic E-state index is 0.119. The highest BCUT2D eigenvalue weighted by molar-refractivity contribution is 7.22. The lowest BCUT2D eigenvalue weighted by Gasteiger charge is -2.30. The van der Waals surface area contributed by atoms with Gasteiger partial charge in [-0.3, -0.25) is 9.69 Å². The molecule has 3 atom stereocenters. The number of hydrogen-bond acceptors (Lipinski definition) is 11. The summed E-state index contributed by atoms with van der Waals surface area (Å²) in [6, 6.07) is 10.5. The number of imidazole rings is 2. The Bertz CT molecular complexity index is 2310. The van der Waals surface area contributed by atoms with Gasteiger partial charge in [0.2, 0.25) is 5.91 Å². The Labute approximate surface area is 347 Å². The highest BCUT2D eigenvalue weighted by Gasteiger charge is 2.39. The van der Waals surface area contributed by atoms with Crippen molar-refractivity contribution < 1.29 is 37.8 Å². The van der Waals surface area contributed by atoms with E-state index in [-0.39, 0.29) is 17.9 Å². The highest BCUT2D eigenvalue weighted by Crippen LogP contribution is 2.41. The third-order valence-electron chi connectivity index (χ3n) is 10.3. The molecule has 15 nitrogen and oxygen atoms in total. The monoisotopic (exact) mass is 827 g/mol. The summed E-state index contributed by atoms with van der Waals surface area (Å²) in [5.41, 5.74) is 2.50. The number of fused-ring (bicyclic) bond motifs is 1. The molecule has 0 saturated carbocycles. The van der Waals surface area contributed by atoms with Gasteiger partial charge in [0.05, 0.1) is 46.4 Å². The number of aromatic amines is 1. The lowest BCUT2D eigenvalue weighted by atomic mass is 10.0. The number of thiophene rings is 1. The maximum atomic E-state index is 13.6. The van der Waals surface area contributed by atoms with Gasteiger partial charge in [-0.15, -0.1) is 11.3 Å². The SMILES string of the molecule is COC(=O)NC(C(=O)N1CCCC1c1ncc(-c2ccc(-c3cc4sc(-c5cn(C(=O)OC(C)(C)C)c(C6CCCN6C(=O)OC(C)(C)C)n5)cc4o3)cc2)[nH]1)C(C)C. The van der Waals surface area contributed by atoms with E-state index in [1.807, 2.05) is 91.8 Å². The van der Waals surface area contributed by atoms with Crippen molar-refractivity contribution in [2.45, 2.75) is 110 Å². The van der Waals surface area contributed by atoms with Crippen LogP contribution in [-0.4, -0.2) is 90.9 Å². The van der Waals surface area contributed by atoms with Crippen molar-refractivity contribution in [1.29, 1.82) is 0 Å². The smallest absolute Gasteiger partial charge is 0.420 e. The van der Waals surface area contributed by atoms with E-state index in [1.54, 1.807) is 22.2 Å². The zero-order chi connectivity index (χ0) is 42.4. The molecule has 0 bridgehead atoms. The van der Waals surface area contributed by atoms with Crippen LogP contribution in [0.4, 0.5) is 14.4 Å². The van der Waals surface area contributed by atoms with Crippen molar-refractivity contribution in [3.63, 3.8) is 0 Å². The average Bonchev–Trinajstić information content (AvgIpc) is 4.01. The van der Waals surface area contributed by atoms with Gasteiger partial charge in [-0.1, -0.05) is 38.1 Å². The van der Waals surface area contributed by atoms with Crippen LogP contribution in [0.1, 0.15) is 105 Å². The standard InChI is InChI=1S/C43H53N7O8S/c1-24(2)35(47-39(52)55-9)38(51)48-18-10-12-29(48)36-44-22-27(45-36)25-14-16-26(17-15-25)31-20-34-32(56-31)21-33(59-34)28-23-50(41(54)58-43(6,7)8)37(46-28)30-13-11-19-49(30)40(53)57-42(3,4)5/h14-17,20-24,29-30,35H,10-13,18-19H2,1-9H3,(H,44,45)(H,47,52). The van der Waals surface area contributed by atoms with Crippen LogP contribution < -0.4 is 5.32 Å². The largest absolute Gasteiger partial charge is 0.455 e. The number of ether oxygens (including phenoxy) is 3. The number of aromatic nitrogens is 4. The van der Waals surface area contributed by atoms with Crippen LogP contribution in [0, 0.1) is 5.92 Å². The first-order valence-electron chi connectivity index (χ1n) is 20.1. The predicted octanol–water partition coefficient (Wildman–Crippen LogP) is 9.31. The highest BCUT2D eigenvalue weighted by atomic mass is 32.1. The van der Waals surface area contributed by atoms with Crippen molar-refractivity contribution in [2.24, 2.45) is 5.92 Å². The lowest BCUT2D eigenvalue weighted by molar-refractivity contribution is -0.135. The van der Waals surface area contributed by atoms with Gasteiger partial charge >= 0.3 is 18.3 Å². The molecule has 16 heteroatoms.